The van der Waals surface area contributed by atoms with E-state index in [0.29, 0.717) is 16.7 Å². The second-order valence-electron chi connectivity index (χ2n) is 4.16. The summed E-state index contributed by atoms with van der Waals surface area (Å²) in [5, 5.41) is 9.72. The van der Waals surface area contributed by atoms with E-state index in [1.54, 1.807) is 24.3 Å². The zero-order valence-electron chi connectivity index (χ0n) is 9.48. The van der Waals surface area contributed by atoms with Crippen LogP contribution in [0, 0.1) is 0 Å². The standard InChI is InChI=1S/C12H11N3O2S/c16-12(17)15(9-4-2-1-3-5-9)11-13-10(14-18-11)8-6-7-8/h1-5,8H,6-7H2,(H,16,17). The van der Waals surface area contributed by atoms with E-state index < -0.39 is 6.09 Å². The maximum Gasteiger partial charge on any atom is 0.418 e. The Kier molecular flexibility index (Phi) is 2.71. The summed E-state index contributed by atoms with van der Waals surface area (Å²) in [6.45, 7) is 0. The number of carboxylic acid groups (broad SMARTS) is 1. The van der Waals surface area contributed by atoms with E-state index in [1.807, 2.05) is 6.07 Å². The molecule has 1 heterocycles. The summed E-state index contributed by atoms with van der Waals surface area (Å²) in [6, 6.07) is 8.93. The number of anilines is 2. The van der Waals surface area contributed by atoms with Crippen LogP contribution < -0.4 is 4.90 Å². The Morgan fingerprint density at radius 3 is 2.67 bits per heavy atom. The van der Waals surface area contributed by atoms with Crippen molar-refractivity contribution < 1.29 is 9.90 Å². The third-order valence-corrected chi connectivity index (χ3v) is 3.49. The lowest BCUT2D eigenvalue weighted by Gasteiger charge is -2.14. The van der Waals surface area contributed by atoms with Crippen molar-refractivity contribution in [2.75, 3.05) is 4.90 Å². The van der Waals surface area contributed by atoms with Crippen molar-refractivity contribution in [2.45, 2.75) is 18.8 Å². The monoisotopic (exact) mass is 261 g/mol. The van der Waals surface area contributed by atoms with Crippen molar-refractivity contribution >= 4 is 28.4 Å². The molecule has 1 aromatic carbocycles. The van der Waals surface area contributed by atoms with Crippen molar-refractivity contribution in [3.05, 3.63) is 36.2 Å². The average molecular weight is 261 g/mol. The Hall–Kier alpha value is -1.95. The zero-order valence-corrected chi connectivity index (χ0v) is 10.3. The minimum atomic E-state index is -1.04. The second kappa shape index (κ2) is 4.38. The zero-order chi connectivity index (χ0) is 12.5. The lowest BCUT2D eigenvalue weighted by molar-refractivity contribution is 0.205. The van der Waals surface area contributed by atoms with Crippen LogP contribution in [-0.4, -0.2) is 20.6 Å². The molecule has 0 spiro atoms. The molecule has 5 nitrogen and oxygen atoms in total. The van der Waals surface area contributed by atoms with E-state index in [-0.39, 0.29) is 0 Å². The molecule has 18 heavy (non-hydrogen) atoms. The first-order chi connectivity index (χ1) is 8.75. The second-order valence-corrected chi connectivity index (χ2v) is 4.89. The molecule has 0 saturated heterocycles. The van der Waals surface area contributed by atoms with Crippen molar-refractivity contribution in [3.63, 3.8) is 0 Å². The molecule has 6 heteroatoms. The summed E-state index contributed by atoms with van der Waals surface area (Å²) in [7, 11) is 0. The maximum atomic E-state index is 11.4. The molecule has 1 saturated carbocycles. The summed E-state index contributed by atoms with van der Waals surface area (Å²) >= 11 is 1.13. The smallest absolute Gasteiger partial charge is 0.418 e. The van der Waals surface area contributed by atoms with E-state index in [1.165, 1.54) is 4.90 Å². The first kappa shape index (κ1) is 11.2. The summed E-state index contributed by atoms with van der Waals surface area (Å²) in [5.74, 6) is 1.21. The number of benzene rings is 1. The molecule has 0 radical (unpaired) electrons. The molecule has 0 atom stereocenters. The van der Waals surface area contributed by atoms with Crippen molar-refractivity contribution in [3.8, 4) is 0 Å². The molecule has 1 aliphatic rings. The van der Waals surface area contributed by atoms with Gasteiger partial charge < -0.3 is 5.11 Å². The fourth-order valence-corrected chi connectivity index (χ4v) is 2.47. The van der Waals surface area contributed by atoms with Crippen LogP contribution in [0.4, 0.5) is 15.6 Å². The van der Waals surface area contributed by atoms with E-state index >= 15 is 0 Å². The van der Waals surface area contributed by atoms with Gasteiger partial charge in [-0.3, -0.25) is 0 Å². The van der Waals surface area contributed by atoms with Gasteiger partial charge in [0.2, 0.25) is 5.13 Å². The third kappa shape index (κ3) is 2.06. The topological polar surface area (TPSA) is 66.3 Å². The predicted octanol–water partition coefficient (Wildman–Crippen LogP) is 3.23. The highest BCUT2D eigenvalue weighted by Crippen LogP contribution is 2.40. The minimum Gasteiger partial charge on any atom is -0.464 e. The van der Waals surface area contributed by atoms with Gasteiger partial charge in [-0.05, 0) is 25.0 Å². The SMILES string of the molecule is O=C(O)N(c1ccccc1)c1nc(C2CC2)ns1. The average Bonchev–Trinajstić information content (AvgIpc) is 3.11. The molecule has 0 aliphatic heterocycles. The van der Waals surface area contributed by atoms with Crippen LogP contribution in [0.25, 0.3) is 0 Å². The molecule has 0 bridgehead atoms. The molecule has 0 unspecified atom stereocenters. The van der Waals surface area contributed by atoms with E-state index in [2.05, 4.69) is 9.36 Å². The van der Waals surface area contributed by atoms with Gasteiger partial charge in [0.15, 0.2) is 0 Å². The van der Waals surface area contributed by atoms with Gasteiger partial charge in [0.05, 0.1) is 5.69 Å². The van der Waals surface area contributed by atoms with Crippen LogP contribution in [0.15, 0.2) is 30.3 Å². The highest BCUT2D eigenvalue weighted by atomic mass is 32.1. The molecule has 1 aromatic heterocycles. The fourth-order valence-electron chi connectivity index (χ4n) is 1.70. The summed E-state index contributed by atoms with van der Waals surface area (Å²) in [6.07, 6.45) is 1.17. The largest absolute Gasteiger partial charge is 0.464 e. The summed E-state index contributed by atoms with van der Waals surface area (Å²) in [5.41, 5.74) is 0.587. The molecular formula is C12H11N3O2S. The highest BCUT2D eigenvalue weighted by Gasteiger charge is 2.30. The molecule has 1 amide bonds. The maximum absolute atomic E-state index is 11.4. The predicted molar refractivity (Wildman–Crippen MR) is 68.5 cm³/mol. The van der Waals surface area contributed by atoms with Gasteiger partial charge in [-0.25, -0.2) is 14.7 Å². The Labute approximate surface area is 108 Å². The van der Waals surface area contributed by atoms with Crippen LogP contribution in [-0.2, 0) is 0 Å². The molecule has 3 rings (SSSR count). The number of aromatic nitrogens is 2. The Balaban J connectivity index is 1.95. The van der Waals surface area contributed by atoms with Crippen LogP contribution in [0.5, 0.6) is 0 Å². The number of amides is 1. The quantitative estimate of drug-likeness (QED) is 0.921. The van der Waals surface area contributed by atoms with E-state index in [0.717, 1.165) is 30.2 Å². The minimum absolute atomic E-state index is 0.413. The number of carbonyl (C=O) groups is 1. The van der Waals surface area contributed by atoms with Crippen LogP contribution in [0.3, 0.4) is 0 Å². The Morgan fingerprint density at radius 2 is 2.06 bits per heavy atom. The number of hydrogen-bond acceptors (Lipinski definition) is 4. The normalized spacial score (nSPS) is 14.4. The number of rotatable bonds is 3. The van der Waals surface area contributed by atoms with Crippen molar-refractivity contribution in [1.29, 1.82) is 0 Å². The third-order valence-electron chi connectivity index (χ3n) is 2.77. The van der Waals surface area contributed by atoms with Gasteiger partial charge in [0.25, 0.3) is 0 Å². The summed E-state index contributed by atoms with van der Waals surface area (Å²) in [4.78, 5) is 16.9. The summed E-state index contributed by atoms with van der Waals surface area (Å²) < 4.78 is 4.23. The Bertz CT molecular complexity index is 566. The van der Waals surface area contributed by atoms with Crippen LogP contribution in [0.2, 0.25) is 0 Å². The van der Waals surface area contributed by atoms with E-state index in [9.17, 15) is 9.90 Å². The fraction of sp³-hybridized carbons (Fsp3) is 0.250. The number of para-hydroxylation sites is 1. The molecule has 2 aromatic rings. The molecule has 1 fully saturated rings. The lowest BCUT2D eigenvalue weighted by Crippen LogP contribution is -2.23. The highest BCUT2D eigenvalue weighted by molar-refractivity contribution is 7.10. The van der Waals surface area contributed by atoms with Crippen molar-refractivity contribution in [2.24, 2.45) is 0 Å². The van der Waals surface area contributed by atoms with Crippen molar-refractivity contribution in [1.82, 2.24) is 9.36 Å². The molecule has 1 aliphatic carbocycles. The van der Waals surface area contributed by atoms with Gasteiger partial charge in [-0.2, -0.15) is 4.37 Å². The lowest BCUT2D eigenvalue weighted by atomic mass is 10.3. The Morgan fingerprint density at radius 1 is 1.33 bits per heavy atom. The van der Waals surface area contributed by atoms with Crippen LogP contribution >= 0.6 is 11.5 Å². The van der Waals surface area contributed by atoms with Gasteiger partial charge in [-0.15, -0.1) is 0 Å². The first-order valence-corrected chi connectivity index (χ1v) is 6.45. The number of nitrogens with zero attached hydrogens (tertiary/aromatic N) is 3. The van der Waals surface area contributed by atoms with E-state index in [4.69, 9.17) is 0 Å². The molecule has 1 N–H and O–H groups in total. The first-order valence-electron chi connectivity index (χ1n) is 5.67. The molecular weight excluding hydrogens is 250 g/mol. The van der Waals surface area contributed by atoms with Gasteiger partial charge in [0.1, 0.15) is 5.82 Å². The van der Waals surface area contributed by atoms with Gasteiger partial charge >= 0.3 is 6.09 Å². The van der Waals surface area contributed by atoms with Crippen LogP contribution in [0.1, 0.15) is 24.6 Å². The number of hydrogen-bond donors (Lipinski definition) is 1. The van der Waals surface area contributed by atoms with Gasteiger partial charge in [0, 0.05) is 17.5 Å². The van der Waals surface area contributed by atoms with Gasteiger partial charge in [-0.1, -0.05) is 18.2 Å². The molecule has 92 valence electrons.